The summed E-state index contributed by atoms with van der Waals surface area (Å²) >= 11 is 0. The minimum atomic E-state index is -0.209. The second kappa shape index (κ2) is 7.40. The van der Waals surface area contributed by atoms with Crippen molar-refractivity contribution < 1.29 is 19.0 Å². The molecular weight excluding hydrogens is 380 g/mol. The molecule has 0 spiro atoms. The fourth-order valence-corrected chi connectivity index (χ4v) is 3.50. The maximum Gasteiger partial charge on any atom is 0.282 e. The van der Waals surface area contributed by atoms with E-state index in [1.54, 1.807) is 18.1 Å². The zero-order valence-corrected chi connectivity index (χ0v) is 16.2. The highest BCUT2D eigenvalue weighted by Crippen LogP contribution is 2.35. The molecule has 0 aliphatic carbocycles. The number of amidine groups is 1. The number of anilines is 1. The first-order valence-corrected chi connectivity index (χ1v) is 9.47. The summed E-state index contributed by atoms with van der Waals surface area (Å²) in [6.45, 7) is 0.201. The summed E-state index contributed by atoms with van der Waals surface area (Å²) in [7, 11) is 1.60. The number of nitrogens with zero attached hydrogens (tertiary/aromatic N) is 2. The quantitative estimate of drug-likeness (QED) is 0.616. The second-order valence-electron chi connectivity index (χ2n) is 6.75. The number of carbonyl (C=O) groups is 1. The zero-order valence-electron chi connectivity index (χ0n) is 16.2. The third-order valence-corrected chi connectivity index (χ3v) is 4.92. The molecule has 2 aliphatic rings. The highest BCUT2D eigenvalue weighted by molar-refractivity contribution is 6.33. The largest absolute Gasteiger partial charge is 0.496 e. The van der Waals surface area contributed by atoms with Gasteiger partial charge in [0.15, 0.2) is 17.3 Å². The predicted molar refractivity (Wildman–Crippen MR) is 114 cm³/mol. The molecule has 0 aromatic heterocycles. The van der Waals surface area contributed by atoms with Gasteiger partial charge in [-0.25, -0.2) is 4.99 Å². The van der Waals surface area contributed by atoms with Crippen molar-refractivity contribution >= 4 is 23.5 Å². The lowest BCUT2D eigenvalue weighted by Crippen LogP contribution is -2.32. The summed E-state index contributed by atoms with van der Waals surface area (Å²) in [5, 5.41) is 0. The van der Waals surface area contributed by atoms with Crippen molar-refractivity contribution in [3.05, 3.63) is 89.6 Å². The van der Waals surface area contributed by atoms with Crippen LogP contribution in [-0.2, 0) is 4.79 Å². The molecule has 0 saturated heterocycles. The summed E-state index contributed by atoms with van der Waals surface area (Å²) in [6.07, 6.45) is 1.75. The summed E-state index contributed by atoms with van der Waals surface area (Å²) in [6, 6.07) is 22.5. The van der Waals surface area contributed by atoms with Crippen LogP contribution in [0.4, 0.5) is 5.69 Å². The topological polar surface area (TPSA) is 60.4 Å². The van der Waals surface area contributed by atoms with Gasteiger partial charge >= 0.3 is 0 Å². The standard InChI is InChI=1S/C24H18N2O4/c1-28-20-10-6-5-9-18(20)23-25-19(24(27)26(23)17-7-3-2-4-8-17)13-16-11-12-21-22(14-16)30-15-29-21/h2-14H,15H2,1H3/b19-13-. The Balaban J connectivity index is 1.62. The number of para-hydroxylation sites is 2. The molecule has 0 bridgehead atoms. The minimum Gasteiger partial charge on any atom is -0.496 e. The van der Waals surface area contributed by atoms with E-state index in [1.807, 2.05) is 72.8 Å². The van der Waals surface area contributed by atoms with Crippen LogP contribution in [0.3, 0.4) is 0 Å². The van der Waals surface area contributed by atoms with E-state index in [1.165, 1.54) is 0 Å². The van der Waals surface area contributed by atoms with Gasteiger partial charge in [0.2, 0.25) is 6.79 Å². The number of methoxy groups -OCH3 is 1. The molecule has 148 valence electrons. The first-order chi connectivity index (χ1) is 14.7. The molecule has 6 heteroatoms. The molecule has 1 amide bonds. The van der Waals surface area contributed by atoms with E-state index in [4.69, 9.17) is 19.2 Å². The molecule has 0 saturated carbocycles. The third kappa shape index (κ3) is 3.08. The molecule has 0 fully saturated rings. The van der Waals surface area contributed by atoms with E-state index < -0.39 is 0 Å². The lowest BCUT2D eigenvalue weighted by Gasteiger charge is -2.19. The normalized spacial score (nSPS) is 16.2. The van der Waals surface area contributed by atoms with Crippen molar-refractivity contribution in [2.45, 2.75) is 0 Å². The van der Waals surface area contributed by atoms with Crippen molar-refractivity contribution in [2.75, 3.05) is 18.8 Å². The van der Waals surface area contributed by atoms with Crippen LogP contribution >= 0.6 is 0 Å². The monoisotopic (exact) mass is 398 g/mol. The predicted octanol–water partition coefficient (Wildman–Crippen LogP) is 4.26. The number of ether oxygens (including phenoxy) is 3. The molecule has 5 rings (SSSR count). The molecule has 0 N–H and O–H groups in total. The van der Waals surface area contributed by atoms with Gasteiger partial charge < -0.3 is 14.2 Å². The Hall–Kier alpha value is -4.06. The Bertz CT molecular complexity index is 1180. The smallest absolute Gasteiger partial charge is 0.282 e. The lowest BCUT2D eigenvalue weighted by atomic mass is 10.1. The van der Waals surface area contributed by atoms with Gasteiger partial charge in [0.05, 0.1) is 18.4 Å². The van der Waals surface area contributed by atoms with Gasteiger partial charge in [-0.05, 0) is 48.0 Å². The lowest BCUT2D eigenvalue weighted by molar-refractivity contribution is -0.113. The maximum atomic E-state index is 13.4. The number of hydrogen-bond acceptors (Lipinski definition) is 5. The first kappa shape index (κ1) is 18.0. The molecular formula is C24H18N2O4. The summed E-state index contributed by atoms with van der Waals surface area (Å²) in [5.74, 6) is 2.31. The second-order valence-corrected chi connectivity index (χ2v) is 6.75. The van der Waals surface area contributed by atoms with Gasteiger partial charge in [-0.3, -0.25) is 9.69 Å². The van der Waals surface area contributed by atoms with E-state index in [9.17, 15) is 4.79 Å². The van der Waals surface area contributed by atoms with Gasteiger partial charge in [0, 0.05) is 0 Å². The Labute approximate surface area is 173 Å². The number of carbonyl (C=O) groups excluding carboxylic acids is 1. The Kier molecular flexibility index (Phi) is 4.44. The highest BCUT2D eigenvalue weighted by atomic mass is 16.7. The fraction of sp³-hybridized carbons (Fsp3) is 0.0833. The van der Waals surface area contributed by atoms with Gasteiger partial charge in [-0.2, -0.15) is 0 Å². The Morgan fingerprint density at radius 1 is 0.967 bits per heavy atom. The van der Waals surface area contributed by atoms with Crippen molar-refractivity contribution in [2.24, 2.45) is 4.99 Å². The fourth-order valence-electron chi connectivity index (χ4n) is 3.50. The number of hydrogen-bond donors (Lipinski definition) is 0. The van der Waals surface area contributed by atoms with E-state index >= 15 is 0 Å². The van der Waals surface area contributed by atoms with Gasteiger partial charge in [-0.1, -0.05) is 36.4 Å². The van der Waals surface area contributed by atoms with Gasteiger partial charge in [-0.15, -0.1) is 0 Å². The van der Waals surface area contributed by atoms with Crippen LogP contribution < -0.4 is 19.1 Å². The SMILES string of the molecule is COc1ccccc1C1=N/C(=C\c2ccc3c(c2)OCO3)C(=O)N1c1ccccc1. The average molecular weight is 398 g/mol. The molecule has 0 radical (unpaired) electrons. The third-order valence-electron chi connectivity index (χ3n) is 4.92. The maximum absolute atomic E-state index is 13.4. The molecule has 3 aromatic rings. The Morgan fingerprint density at radius 3 is 2.57 bits per heavy atom. The Morgan fingerprint density at radius 2 is 1.73 bits per heavy atom. The van der Waals surface area contributed by atoms with Crippen molar-refractivity contribution in [3.8, 4) is 17.2 Å². The van der Waals surface area contributed by atoms with Gasteiger partial charge in [0.1, 0.15) is 11.4 Å². The van der Waals surface area contributed by atoms with Crippen molar-refractivity contribution in [1.29, 1.82) is 0 Å². The van der Waals surface area contributed by atoms with E-state index in [-0.39, 0.29) is 12.7 Å². The average Bonchev–Trinajstić information content (AvgIpc) is 3.38. The summed E-state index contributed by atoms with van der Waals surface area (Å²) < 4.78 is 16.3. The molecule has 2 heterocycles. The highest BCUT2D eigenvalue weighted by Gasteiger charge is 2.33. The zero-order chi connectivity index (χ0) is 20.5. The van der Waals surface area contributed by atoms with E-state index in [0.717, 1.165) is 16.8 Å². The van der Waals surface area contributed by atoms with Crippen LogP contribution in [0, 0.1) is 0 Å². The van der Waals surface area contributed by atoms with Crippen LogP contribution in [0.1, 0.15) is 11.1 Å². The molecule has 2 aliphatic heterocycles. The van der Waals surface area contributed by atoms with Gasteiger partial charge in [0.25, 0.3) is 5.91 Å². The number of fused-ring (bicyclic) bond motifs is 1. The molecule has 6 nitrogen and oxygen atoms in total. The number of benzene rings is 3. The van der Waals surface area contributed by atoms with Crippen molar-refractivity contribution in [3.63, 3.8) is 0 Å². The van der Waals surface area contributed by atoms with Crippen LogP contribution in [0.15, 0.2) is 83.5 Å². The number of aliphatic imine (C=N–C) groups is 1. The minimum absolute atomic E-state index is 0.201. The molecule has 0 unspecified atom stereocenters. The van der Waals surface area contributed by atoms with Crippen LogP contribution in [0.2, 0.25) is 0 Å². The molecule has 0 atom stereocenters. The number of rotatable bonds is 4. The molecule has 30 heavy (non-hydrogen) atoms. The number of amides is 1. The van der Waals surface area contributed by atoms with Crippen LogP contribution in [-0.4, -0.2) is 25.6 Å². The van der Waals surface area contributed by atoms with E-state index in [0.29, 0.717) is 28.8 Å². The van der Waals surface area contributed by atoms with Crippen LogP contribution in [0.5, 0.6) is 17.2 Å². The first-order valence-electron chi connectivity index (χ1n) is 9.47. The van der Waals surface area contributed by atoms with E-state index in [2.05, 4.69) is 0 Å². The van der Waals surface area contributed by atoms with Crippen LogP contribution in [0.25, 0.3) is 6.08 Å². The summed E-state index contributed by atoms with van der Waals surface area (Å²) in [4.78, 5) is 19.7. The molecule has 3 aromatic carbocycles. The summed E-state index contributed by atoms with van der Waals surface area (Å²) in [5.41, 5.74) is 2.62. The van der Waals surface area contributed by atoms with Crippen molar-refractivity contribution in [1.82, 2.24) is 0 Å².